The maximum atomic E-state index is 9.18. The van der Waals surface area contributed by atoms with Crippen molar-refractivity contribution in [3.8, 4) is 6.07 Å². The van der Waals surface area contributed by atoms with Crippen LogP contribution in [0, 0.1) is 18.3 Å². The van der Waals surface area contributed by atoms with Crippen molar-refractivity contribution in [2.24, 2.45) is 0 Å². The molecule has 96 valence electrons. The molecule has 3 rings (SSSR count). The molecule has 0 fully saturated rings. The minimum Gasteiger partial charge on any atom is -0.337 e. The number of rotatable bonds is 3. The molecule has 6 heteroatoms. The molecular weight excluding hydrogens is 276 g/mol. The van der Waals surface area contributed by atoms with Gasteiger partial charge in [0.1, 0.15) is 16.6 Å². The Balaban J connectivity index is 1.78. The number of anilines is 1. The smallest absolute Gasteiger partial charge is 0.187 e. The van der Waals surface area contributed by atoms with E-state index in [9.17, 15) is 5.26 Å². The van der Waals surface area contributed by atoms with E-state index in [1.807, 2.05) is 12.3 Å². The summed E-state index contributed by atoms with van der Waals surface area (Å²) in [6, 6.07) is 2.17. The second-order valence-corrected chi connectivity index (χ2v) is 6.29. The van der Waals surface area contributed by atoms with E-state index in [2.05, 4.69) is 21.4 Å². The van der Waals surface area contributed by atoms with E-state index in [1.165, 1.54) is 28.3 Å². The fourth-order valence-corrected chi connectivity index (χ4v) is 3.79. The van der Waals surface area contributed by atoms with Crippen molar-refractivity contribution in [3.05, 3.63) is 32.9 Å². The van der Waals surface area contributed by atoms with E-state index in [1.54, 1.807) is 17.5 Å². The molecule has 1 aliphatic rings. The Labute approximate surface area is 119 Å². The molecular formula is C13H12N4S2. The summed E-state index contributed by atoms with van der Waals surface area (Å²) in [7, 11) is 0. The SMILES string of the molecule is Cc1csc(/C(C#N)=C/Nc2nc3c(s2)CCC3)n1. The van der Waals surface area contributed by atoms with Crippen LogP contribution in [0.4, 0.5) is 5.13 Å². The third-order valence-corrected chi connectivity index (χ3v) is 4.99. The molecule has 2 heterocycles. The average Bonchev–Trinajstić information content (AvgIpc) is 3.05. The Kier molecular flexibility index (Phi) is 3.32. The van der Waals surface area contributed by atoms with Crippen molar-refractivity contribution >= 4 is 33.4 Å². The largest absolute Gasteiger partial charge is 0.337 e. The van der Waals surface area contributed by atoms with Crippen LogP contribution in [-0.2, 0) is 12.8 Å². The van der Waals surface area contributed by atoms with Crippen LogP contribution in [0.3, 0.4) is 0 Å². The highest BCUT2D eigenvalue weighted by Gasteiger charge is 2.16. The third-order valence-electron chi connectivity index (χ3n) is 2.91. The number of nitrogens with zero attached hydrogens (tertiary/aromatic N) is 3. The van der Waals surface area contributed by atoms with Crippen molar-refractivity contribution in [1.29, 1.82) is 5.26 Å². The highest BCUT2D eigenvalue weighted by atomic mass is 32.1. The van der Waals surface area contributed by atoms with Crippen LogP contribution in [0.1, 0.15) is 27.7 Å². The molecule has 0 aliphatic heterocycles. The monoisotopic (exact) mass is 288 g/mol. The molecule has 0 bridgehead atoms. The molecule has 2 aromatic heterocycles. The first kappa shape index (κ1) is 12.3. The Morgan fingerprint density at radius 1 is 1.47 bits per heavy atom. The molecule has 0 saturated heterocycles. The van der Waals surface area contributed by atoms with Crippen LogP contribution in [0.25, 0.3) is 5.57 Å². The predicted molar refractivity (Wildman–Crippen MR) is 78.2 cm³/mol. The number of hydrogen-bond donors (Lipinski definition) is 1. The van der Waals surface area contributed by atoms with Gasteiger partial charge in [-0.15, -0.1) is 22.7 Å². The number of nitriles is 1. The van der Waals surface area contributed by atoms with Crippen LogP contribution >= 0.6 is 22.7 Å². The molecule has 0 amide bonds. The maximum absolute atomic E-state index is 9.18. The van der Waals surface area contributed by atoms with Crippen LogP contribution < -0.4 is 5.32 Å². The molecule has 0 atom stereocenters. The van der Waals surface area contributed by atoms with Crippen molar-refractivity contribution in [2.45, 2.75) is 26.2 Å². The lowest BCUT2D eigenvalue weighted by Crippen LogP contribution is -1.91. The summed E-state index contributed by atoms with van der Waals surface area (Å²) in [5, 5.41) is 15.9. The van der Waals surface area contributed by atoms with Gasteiger partial charge in [0.2, 0.25) is 0 Å². The zero-order valence-corrected chi connectivity index (χ0v) is 12.1. The van der Waals surface area contributed by atoms with Gasteiger partial charge in [-0.05, 0) is 26.2 Å². The maximum Gasteiger partial charge on any atom is 0.187 e. The number of fused-ring (bicyclic) bond motifs is 1. The summed E-state index contributed by atoms with van der Waals surface area (Å²) in [6.45, 7) is 1.92. The van der Waals surface area contributed by atoms with Crippen LogP contribution in [0.2, 0.25) is 0 Å². The van der Waals surface area contributed by atoms with E-state index in [-0.39, 0.29) is 0 Å². The van der Waals surface area contributed by atoms with Crippen LogP contribution in [0.5, 0.6) is 0 Å². The molecule has 1 N–H and O–H groups in total. The normalized spacial score (nSPS) is 14.2. The van der Waals surface area contributed by atoms with Gasteiger partial charge in [0.25, 0.3) is 0 Å². The summed E-state index contributed by atoms with van der Waals surface area (Å²) in [6.07, 6.45) is 5.13. The summed E-state index contributed by atoms with van der Waals surface area (Å²) in [5.74, 6) is 0. The summed E-state index contributed by atoms with van der Waals surface area (Å²) >= 11 is 3.16. The minimum absolute atomic E-state index is 0.549. The summed E-state index contributed by atoms with van der Waals surface area (Å²) in [5.41, 5.74) is 2.70. The van der Waals surface area contributed by atoms with Crippen molar-refractivity contribution in [1.82, 2.24) is 9.97 Å². The first-order valence-corrected chi connectivity index (χ1v) is 7.74. The molecule has 2 aromatic rings. The zero-order valence-electron chi connectivity index (χ0n) is 10.4. The number of aryl methyl sites for hydroxylation is 3. The van der Waals surface area contributed by atoms with Crippen molar-refractivity contribution in [3.63, 3.8) is 0 Å². The van der Waals surface area contributed by atoms with Crippen LogP contribution in [0.15, 0.2) is 11.6 Å². The fourth-order valence-electron chi connectivity index (χ4n) is 2.01. The number of aromatic nitrogens is 2. The molecule has 0 saturated carbocycles. The molecule has 0 spiro atoms. The van der Waals surface area contributed by atoms with E-state index >= 15 is 0 Å². The summed E-state index contributed by atoms with van der Waals surface area (Å²) < 4.78 is 0. The lowest BCUT2D eigenvalue weighted by molar-refractivity contribution is 0.900. The highest BCUT2D eigenvalue weighted by Crippen LogP contribution is 2.30. The standard InChI is InChI=1S/C13H12N4S2/c1-8-7-18-12(16-8)9(5-14)6-15-13-17-10-3-2-4-11(10)19-13/h6-7H,2-4H2,1H3,(H,15,17)/b9-6+. The van der Waals surface area contributed by atoms with E-state index in [0.717, 1.165) is 28.7 Å². The topological polar surface area (TPSA) is 61.6 Å². The first-order valence-electron chi connectivity index (χ1n) is 6.04. The Morgan fingerprint density at radius 2 is 2.37 bits per heavy atom. The van der Waals surface area contributed by atoms with Gasteiger partial charge >= 0.3 is 0 Å². The summed E-state index contributed by atoms with van der Waals surface area (Å²) in [4.78, 5) is 10.2. The third kappa shape index (κ3) is 2.53. The van der Waals surface area contributed by atoms with Crippen molar-refractivity contribution in [2.75, 3.05) is 5.32 Å². The predicted octanol–water partition coefficient (Wildman–Crippen LogP) is 3.37. The molecule has 19 heavy (non-hydrogen) atoms. The minimum atomic E-state index is 0.549. The lowest BCUT2D eigenvalue weighted by atomic mass is 10.3. The van der Waals surface area contributed by atoms with E-state index in [0.29, 0.717) is 5.57 Å². The molecule has 0 aromatic carbocycles. The van der Waals surface area contributed by atoms with Gasteiger partial charge in [0.05, 0.1) is 5.69 Å². The van der Waals surface area contributed by atoms with E-state index in [4.69, 9.17) is 0 Å². The average molecular weight is 288 g/mol. The van der Waals surface area contributed by atoms with Gasteiger partial charge in [-0.2, -0.15) is 5.26 Å². The zero-order chi connectivity index (χ0) is 13.2. The van der Waals surface area contributed by atoms with Gasteiger partial charge in [-0.3, -0.25) is 0 Å². The number of allylic oxidation sites excluding steroid dienone is 1. The molecule has 1 aliphatic carbocycles. The van der Waals surface area contributed by atoms with Gasteiger partial charge in [0.15, 0.2) is 5.13 Å². The molecule has 4 nitrogen and oxygen atoms in total. The lowest BCUT2D eigenvalue weighted by Gasteiger charge is -1.96. The number of nitrogens with one attached hydrogen (secondary N) is 1. The Morgan fingerprint density at radius 3 is 3.05 bits per heavy atom. The van der Waals surface area contributed by atoms with Gasteiger partial charge in [-0.25, -0.2) is 9.97 Å². The molecule has 0 unspecified atom stereocenters. The Hall–Kier alpha value is -1.71. The first-order chi connectivity index (χ1) is 9.26. The Bertz CT molecular complexity index is 654. The highest BCUT2D eigenvalue weighted by molar-refractivity contribution is 7.15. The second-order valence-electron chi connectivity index (χ2n) is 4.35. The van der Waals surface area contributed by atoms with Gasteiger partial charge in [-0.1, -0.05) is 0 Å². The fraction of sp³-hybridized carbons (Fsp3) is 0.308. The quantitative estimate of drug-likeness (QED) is 0.880. The van der Waals surface area contributed by atoms with Gasteiger partial charge in [0, 0.05) is 22.2 Å². The van der Waals surface area contributed by atoms with Crippen molar-refractivity contribution < 1.29 is 0 Å². The second kappa shape index (κ2) is 5.11. The van der Waals surface area contributed by atoms with Gasteiger partial charge < -0.3 is 5.32 Å². The number of hydrogen-bond acceptors (Lipinski definition) is 6. The van der Waals surface area contributed by atoms with E-state index < -0.39 is 0 Å². The van der Waals surface area contributed by atoms with Crippen LogP contribution in [-0.4, -0.2) is 9.97 Å². The number of thiazole rings is 2. The molecule has 0 radical (unpaired) electrons.